The summed E-state index contributed by atoms with van der Waals surface area (Å²) in [5, 5.41) is 2.07. The molecule has 0 aliphatic heterocycles. The van der Waals surface area contributed by atoms with Gasteiger partial charge in [-0.05, 0) is 128 Å². The second-order valence-electron chi connectivity index (χ2n) is 23.9. The minimum Gasteiger partial charge on any atom is -0.456 e. The standard InChI is InChI=1S/C91H55N6O.Ir.Pt/c1-4-23-61(24-5-1)82-58-66(84-36-18-20-52-92-84)45-48-78(82)76-33-14-12-31-74(76)69-55-68(56-70(57-69)75-32-13-15-34-77(75)79-49-46-67(85-37-19-21-53-93-85)59-83(79)62-25-6-2-7-26-62)73-30-11-10-29-72(73)63-41-43-65(44-42-63)91-94-54-51-90(96-91)97(89-40-22-38-86(95-89)64-27-8-3-9-28-64)71-47-50-81-80-35-16-17-39-87(80)98-88(81)60-71;;/h1-27,29-42,47-60H;;/q-5;+3;+2. The summed E-state index contributed by atoms with van der Waals surface area (Å²) in [4.78, 5) is 26.9. The van der Waals surface area contributed by atoms with Gasteiger partial charge in [-0.1, -0.05) is 227 Å². The van der Waals surface area contributed by atoms with Crippen LogP contribution in [0.2, 0.25) is 0 Å². The number of hydrogen-bond donors (Lipinski definition) is 0. The van der Waals surface area contributed by atoms with Gasteiger partial charge in [-0.2, -0.15) is 5.56 Å². The smallest absolute Gasteiger partial charge is 0.456 e. The maximum absolute atomic E-state index is 6.45. The first kappa shape index (κ1) is 64.1. The quantitative estimate of drug-likeness (QED) is 0.0946. The number of fused-ring (bicyclic) bond motifs is 3. The summed E-state index contributed by atoms with van der Waals surface area (Å²) in [5.41, 5.74) is 25.1. The van der Waals surface area contributed by atoms with Gasteiger partial charge in [0, 0.05) is 35.4 Å². The molecule has 0 N–H and O–H groups in total. The van der Waals surface area contributed by atoms with E-state index >= 15 is 0 Å². The van der Waals surface area contributed by atoms with E-state index in [1.807, 2.05) is 139 Å². The minimum absolute atomic E-state index is 0. The molecular formula is C91H55IrN6OPt. The third kappa shape index (κ3) is 12.8. The molecule has 100 heavy (non-hydrogen) atoms. The molecule has 17 rings (SSSR count). The van der Waals surface area contributed by atoms with Gasteiger partial charge in [-0.25, -0.2) is 17.7 Å². The number of anilines is 3. The van der Waals surface area contributed by atoms with Gasteiger partial charge in [-0.15, -0.1) is 83.4 Å². The molecule has 0 unspecified atom stereocenters. The van der Waals surface area contributed by atoms with E-state index < -0.39 is 0 Å². The van der Waals surface area contributed by atoms with Gasteiger partial charge in [0.15, 0.2) is 0 Å². The van der Waals surface area contributed by atoms with Crippen LogP contribution >= 0.6 is 0 Å². The number of furan rings is 1. The van der Waals surface area contributed by atoms with Crippen molar-refractivity contribution in [3.8, 4) is 134 Å². The van der Waals surface area contributed by atoms with E-state index in [9.17, 15) is 0 Å². The van der Waals surface area contributed by atoms with Gasteiger partial charge < -0.3 is 24.4 Å². The van der Waals surface area contributed by atoms with Crippen LogP contribution in [0.1, 0.15) is 0 Å². The Morgan fingerprint density at radius 2 is 0.790 bits per heavy atom. The van der Waals surface area contributed by atoms with Crippen LogP contribution in [0.25, 0.3) is 156 Å². The average Bonchev–Trinajstić information content (AvgIpc) is 1.04. The average molecular weight is 1640 g/mol. The van der Waals surface area contributed by atoms with Crippen LogP contribution < -0.4 is 4.90 Å². The molecule has 7 nitrogen and oxygen atoms in total. The number of nitrogens with zero attached hydrogens (tertiary/aromatic N) is 6. The number of para-hydroxylation sites is 1. The first-order valence-electron chi connectivity index (χ1n) is 32.5. The molecule has 0 spiro atoms. The number of benzene rings is 12. The molecule has 0 atom stereocenters. The van der Waals surface area contributed by atoms with Gasteiger partial charge in [0.1, 0.15) is 22.8 Å². The van der Waals surface area contributed by atoms with Gasteiger partial charge in [0.2, 0.25) is 0 Å². The Bertz CT molecular complexity index is 5570. The molecular weight excluding hydrogens is 1580 g/mol. The Labute approximate surface area is 608 Å². The maximum atomic E-state index is 6.45. The van der Waals surface area contributed by atoms with Gasteiger partial charge in [0.05, 0.1) is 5.69 Å². The Balaban J connectivity index is 0.00000406. The van der Waals surface area contributed by atoms with Crippen molar-refractivity contribution in [3.63, 3.8) is 0 Å². The van der Waals surface area contributed by atoms with Crippen molar-refractivity contribution in [3.05, 3.63) is 364 Å². The van der Waals surface area contributed by atoms with Crippen molar-refractivity contribution in [2.45, 2.75) is 0 Å². The summed E-state index contributed by atoms with van der Waals surface area (Å²) < 4.78 is 6.45. The zero-order valence-corrected chi connectivity index (χ0v) is 58.2. The van der Waals surface area contributed by atoms with Crippen LogP contribution in [0.5, 0.6) is 0 Å². The third-order valence-corrected chi connectivity index (χ3v) is 17.9. The van der Waals surface area contributed by atoms with Crippen LogP contribution in [0, 0.1) is 30.3 Å². The molecule has 9 heteroatoms. The molecule has 0 saturated carbocycles. The monoisotopic (exact) mass is 1640 g/mol. The first-order chi connectivity index (χ1) is 48.6. The molecule has 0 amide bonds. The molecule has 0 bridgehead atoms. The molecule has 17 aromatic rings. The van der Waals surface area contributed by atoms with Gasteiger partial charge in [0.25, 0.3) is 0 Å². The predicted octanol–water partition coefficient (Wildman–Crippen LogP) is 23.0. The van der Waals surface area contributed by atoms with E-state index in [-0.39, 0.29) is 41.2 Å². The van der Waals surface area contributed by atoms with E-state index in [1.54, 1.807) is 6.20 Å². The van der Waals surface area contributed by atoms with Crippen molar-refractivity contribution in [2.75, 3.05) is 4.90 Å². The first-order valence-corrected chi connectivity index (χ1v) is 32.5. The van der Waals surface area contributed by atoms with Crippen LogP contribution in [0.4, 0.5) is 17.3 Å². The maximum Gasteiger partial charge on any atom is 3.00 e. The molecule has 5 aromatic heterocycles. The van der Waals surface area contributed by atoms with E-state index in [2.05, 4.69) is 224 Å². The van der Waals surface area contributed by atoms with E-state index in [1.165, 1.54) is 0 Å². The summed E-state index contributed by atoms with van der Waals surface area (Å²) in [6, 6.07) is 127. The Morgan fingerprint density at radius 1 is 0.290 bits per heavy atom. The van der Waals surface area contributed by atoms with Crippen LogP contribution in [0.3, 0.4) is 0 Å². The van der Waals surface area contributed by atoms with E-state index in [0.29, 0.717) is 23.0 Å². The van der Waals surface area contributed by atoms with Crippen molar-refractivity contribution in [2.24, 2.45) is 0 Å². The summed E-state index contributed by atoms with van der Waals surface area (Å²) in [6.45, 7) is 0. The predicted molar refractivity (Wildman–Crippen MR) is 397 cm³/mol. The normalized spacial score (nSPS) is 11.0. The summed E-state index contributed by atoms with van der Waals surface area (Å²) >= 11 is 0. The zero-order valence-electron chi connectivity index (χ0n) is 53.5. The molecule has 0 saturated heterocycles. The number of rotatable bonds is 15. The third-order valence-electron chi connectivity index (χ3n) is 17.9. The second kappa shape index (κ2) is 28.7. The molecule has 0 aliphatic rings. The topological polar surface area (TPSA) is 80.8 Å². The van der Waals surface area contributed by atoms with Gasteiger partial charge >= 0.3 is 41.2 Å². The van der Waals surface area contributed by atoms with Crippen molar-refractivity contribution >= 4 is 39.3 Å². The van der Waals surface area contributed by atoms with Crippen molar-refractivity contribution < 1.29 is 45.6 Å². The molecule has 12 aromatic carbocycles. The molecule has 0 radical (unpaired) electrons. The fraction of sp³-hybridized carbons (Fsp3) is 0. The summed E-state index contributed by atoms with van der Waals surface area (Å²) in [7, 11) is 0. The van der Waals surface area contributed by atoms with E-state index in [4.69, 9.17) is 29.3 Å². The largest absolute Gasteiger partial charge is 3.00 e. The van der Waals surface area contributed by atoms with Crippen molar-refractivity contribution in [1.29, 1.82) is 0 Å². The Morgan fingerprint density at radius 3 is 1.36 bits per heavy atom. The summed E-state index contributed by atoms with van der Waals surface area (Å²) in [5.74, 6) is 1.72. The Kier molecular flexibility index (Phi) is 18.4. The Hall–Kier alpha value is -11.9. The van der Waals surface area contributed by atoms with Crippen LogP contribution in [0.15, 0.2) is 338 Å². The number of hydrogen-bond acceptors (Lipinski definition) is 7. The number of aromatic nitrogens is 5. The molecule has 5 heterocycles. The van der Waals surface area contributed by atoms with Crippen LogP contribution in [-0.2, 0) is 41.2 Å². The number of pyridine rings is 3. The fourth-order valence-electron chi connectivity index (χ4n) is 13.2. The van der Waals surface area contributed by atoms with Crippen LogP contribution in [-0.4, -0.2) is 24.9 Å². The molecule has 0 aliphatic carbocycles. The van der Waals surface area contributed by atoms with E-state index in [0.717, 1.165) is 150 Å². The molecule has 0 fully saturated rings. The van der Waals surface area contributed by atoms with Crippen molar-refractivity contribution in [1.82, 2.24) is 24.9 Å². The summed E-state index contributed by atoms with van der Waals surface area (Å²) in [6.07, 6.45) is 5.44. The van der Waals surface area contributed by atoms with Gasteiger partial charge in [-0.3, -0.25) is 22.0 Å². The molecule has 474 valence electrons. The zero-order chi connectivity index (χ0) is 65.1. The SMILES string of the molecule is [Ir+3].[Pt+2].[c-]1cc(-c2ccccc2-c2cc(-c3ccccc3-c3c[c-]c(-c4ccccn4)cc3-c3ccccc3)cc(-c3ccccc3-c3c[c-]c(-c4ccccn4)cc3-c3ccccc3)c2)c[c-]c1-c1nccc(N(c2ccc3c(c2)oc2ccccc23)c2cccc(-c3[c-]cccc3)n2)n1. The second-order valence-corrected chi connectivity index (χ2v) is 23.9. The minimum atomic E-state index is 0. The fourth-order valence-corrected chi connectivity index (χ4v) is 13.2.